The Labute approximate surface area is 303 Å². The van der Waals surface area contributed by atoms with Crippen molar-refractivity contribution in [1.29, 1.82) is 0 Å². The summed E-state index contributed by atoms with van der Waals surface area (Å²) in [4.78, 5) is 90.7. The molecule has 52 heavy (non-hydrogen) atoms. The van der Waals surface area contributed by atoms with E-state index in [1.165, 1.54) is 24.9 Å². The number of amides is 6. The van der Waals surface area contributed by atoms with Gasteiger partial charge in [0.1, 0.15) is 12.1 Å². The summed E-state index contributed by atoms with van der Waals surface area (Å²) in [5, 5.41) is 21.3. The topological polar surface area (TPSA) is 199 Å². The number of nitrogens with zero attached hydrogens (tertiary/aromatic N) is 3. The molecule has 0 radical (unpaired) electrons. The number of carbonyl (C=O) groups excluding carboxylic acids is 6. The maximum atomic E-state index is 13.9. The Hall–Kier alpha value is -5.31. The van der Waals surface area contributed by atoms with Crippen molar-refractivity contribution < 1.29 is 38.7 Å². The number of carboxylic acids is 1. The third kappa shape index (κ3) is 9.72. The number of likely N-dealkylation sites (N-methyl/N-ethyl adjacent to an activating group) is 2. The summed E-state index contributed by atoms with van der Waals surface area (Å²) >= 11 is 0. The number of nitrogens with one attached hydrogen (secondary N) is 4. The van der Waals surface area contributed by atoms with Crippen LogP contribution in [0.4, 0.5) is 0 Å². The van der Waals surface area contributed by atoms with E-state index in [0.29, 0.717) is 0 Å². The van der Waals surface area contributed by atoms with Crippen LogP contribution in [0.1, 0.15) is 53.5 Å². The van der Waals surface area contributed by atoms with Gasteiger partial charge in [-0.25, -0.2) is 0 Å². The zero-order chi connectivity index (χ0) is 39.1. The van der Waals surface area contributed by atoms with Crippen LogP contribution in [0.25, 0.3) is 10.9 Å². The smallest absolute Gasteiger partial charge is 0.305 e. The normalized spacial score (nSPS) is 15.3. The lowest BCUT2D eigenvalue weighted by Crippen LogP contribution is -2.60. The summed E-state index contributed by atoms with van der Waals surface area (Å²) in [6.07, 6.45) is 4.96. The van der Waals surface area contributed by atoms with Crippen LogP contribution < -0.4 is 21.3 Å². The molecule has 3 rings (SSSR count). The highest BCUT2D eigenvalue weighted by Crippen LogP contribution is 2.35. The van der Waals surface area contributed by atoms with Crippen molar-refractivity contribution >= 4 is 52.3 Å². The first-order chi connectivity index (χ1) is 24.2. The van der Waals surface area contributed by atoms with Crippen molar-refractivity contribution in [1.82, 2.24) is 35.6 Å². The van der Waals surface area contributed by atoms with Gasteiger partial charge in [0.25, 0.3) is 11.8 Å². The van der Waals surface area contributed by atoms with Gasteiger partial charge in [-0.2, -0.15) is 0 Å². The first-order valence-electron chi connectivity index (χ1n) is 17.0. The summed E-state index contributed by atoms with van der Waals surface area (Å²) in [5.41, 5.74) is 0.758. The van der Waals surface area contributed by atoms with E-state index >= 15 is 0 Å². The summed E-state index contributed by atoms with van der Waals surface area (Å²) in [6.45, 7) is 10.6. The second-order valence-electron chi connectivity index (χ2n) is 14.6. The number of imide groups is 1. The zero-order valence-electron chi connectivity index (χ0n) is 31.3. The predicted octanol–water partition coefficient (Wildman–Crippen LogP) is 0.980. The number of aryl methyl sites for hydroxylation is 1. The van der Waals surface area contributed by atoms with Crippen LogP contribution in [0.5, 0.6) is 0 Å². The maximum Gasteiger partial charge on any atom is 0.305 e. The van der Waals surface area contributed by atoms with E-state index < -0.39 is 70.9 Å². The SMILES string of the molecule is CN[C@H](C(=O)NC(C(=O)N(C)C/C=C(\C)C(=O)N[C@@H](CC(=O)O)C(=O)NCCN1C(=O)C=CC1=O)C(C)(C)C)C(C)(C)c1cn(C)c2ccccc12. The van der Waals surface area contributed by atoms with Gasteiger partial charge in [0.2, 0.25) is 23.6 Å². The highest BCUT2D eigenvalue weighted by molar-refractivity contribution is 6.12. The molecule has 1 aromatic carbocycles. The molecule has 1 aliphatic heterocycles. The molecule has 1 unspecified atom stereocenters. The largest absolute Gasteiger partial charge is 0.481 e. The van der Waals surface area contributed by atoms with Gasteiger partial charge in [-0.1, -0.05) is 58.9 Å². The number of hydrogen-bond donors (Lipinski definition) is 5. The number of benzene rings is 1. The van der Waals surface area contributed by atoms with Gasteiger partial charge in [0.05, 0.1) is 12.5 Å². The number of rotatable bonds is 16. The fourth-order valence-electron chi connectivity index (χ4n) is 6.10. The molecule has 15 heteroatoms. The number of hydrogen-bond acceptors (Lipinski definition) is 8. The Bertz CT molecular complexity index is 1770. The van der Waals surface area contributed by atoms with E-state index in [1.54, 1.807) is 7.05 Å². The second-order valence-corrected chi connectivity index (χ2v) is 14.6. The van der Waals surface area contributed by atoms with Gasteiger partial charge in [0.15, 0.2) is 0 Å². The molecule has 282 valence electrons. The van der Waals surface area contributed by atoms with E-state index in [9.17, 15) is 38.7 Å². The van der Waals surface area contributed by atoms with Crippen molar-refractivity contribution in [3.63, 3.8) is 0 Å². The minimum absolute atomic E-state index is 0.0286. The Kier molecular flexibility index (Phi) is 13.3. The monoisotopic (exact) mass is 721 g/mol. The Morgan fingerprint density at radius 3 is 2.13 bits per heavy atom. The number of carbonyl (C=O) groups is 7. The van der Waals surface area contributed by atoms with Crippen LogP contribution >= 0.6 is 0 Å². The van der Waals surface area contributed by atoms with Gasteiger partial charge in [-0.3, -0.25) is 38.5 Å². The molecule has 2 aromatic rings. The number of aliphatic carboxylic acids is 1. The molecule has 1 aromatic heterocycles. The summed E-state index contributed by atoms with van der Waals surface area (Å²) < 4.78 is 2.02. The van der Waals surface area contributed by atoms with Gasteiger partial charge >= 0.3 is 5.97 Å². The van der Waals surface area contributed by atoms with Crippen molar-refractivity contribution in [3.8, 4) is 0 Å². The molecule has 2 heterocycles. The van der Waals surface area contributed by atoms with Crippen molar-refractivity contribution in [3.05, 3.63) is 59.8 Å². The number of aromatic nitrogens is 1. The highest BCUT2D eigenvalue weighted by Gasteiger charge is 2.41. The van der Waals surface area contributed by atoms with Gasteiger partial charge in [-0.05, 0) is 31.0 Å². The van der Waals surface area contributed by atoms with Crippen molar-refractivity contribution in [2.75, 3.05) is 33.7 Å². The zero-order valence-corrected chi connectivity index (χ0v) is 31.3. The number of para-hydroxylation sites is 1. The fourth-order valence-corrected chi connectivity index (χ4v) is 6.10. The summed E-state index contributed by atoms with van der Waals surface area (Å²) in [7, 11) is 5.20. The lowest BCUT2D eigenvalue weighted by Gasteiger charge is -2.38. The third-order valence-corrected chi connectivity index (χ3v) is 9.20. The van der Waals surface area contributed by atoms with Crippen LogP contribution in [0.15, 0.2) is 54.3 Å². The summed E-state index contributed by atoms with van der Waals surface area (Å²) in [6, 6.07) is 4.87. The van der Waals surface area contributed by atoms with E-state index in [1.807, 2.05) is 76.7 Å². The molecule has 15 nitrogen and oxygen atoms in total. The van der Waals surface area contributed by atoms with Crippen molar-refractivity contribution in [2.24, 2.45) is 12.5 Å². The predicted molar refractivity (Wildman–Crippen MR) is 195 cm³/mol. The molecule has 0 fully saturated rings. The van der Waals surface area contributed by atoms with Crippen LogP contribution in [0, 0.1) is 5.41 Å². The van der Waals surface area contributed by atoms with Crippen molar-refractivity contribution in [2.45, 2.75) is 71.5 Å². The fraction of sp³-hybridized carbons (Fsp3) is 0.486. The molecule has 0 bridgehead atoms. The van der Waals surface area contributed by atoms with Gasteiger partial charge < -0.3 is 35.8 Å². The Morgan fingerprint density at radius 2 is 1.56 bits per heavy atom. The van der Waals surface area contributed by atoms with Crippen LogP contribution in [-0.4, -0.2) is 113 Å². The second kappa shape index (κ2) is 16.8. The molecule has 0 saturated carbocycles. The lowest BCUT2D eigenvalue weighted by atomic mass is 9.76. The quantitative estimate of drug-likeness (QED) is 0.124. The molecule has 1 aliphatic rings. The lowest BCUT2D eigenvalue weighted by molar-refractivity contribution is -0.140. The first kappa shape index (κ1) is 41.1. The molecule has 0 saturated heterocycles. The van der Waals surface area contributed by atoms with E-state index in [0.717, 1.165) is 33.5 Å². The number of fused-ring (bicyclic) bond motifs is 1. The molecular formula is C37H51N7O8. The van der Waals surface area contributed by atoms with E-state index in [2.05, 4.69) is 21.3 Å². The Morgan fingerprint density at radius 1 is 0.942 bits per heavy atom. The Balaban J connectivity index is 1.68. The molecule has 3 atom stereocenters. The van der Waals surface area contributed by atoms with Gasteiger partial charge in [-0.15, -0.1) is 0 Å². The first-order valence-corrected chi connectivity index (χ1v) is 17.0. The minimum Gasteiger partial charge on any atom is -0.481 e. The third-order valence-electron chi connectivity index (χ3n) is 9.20. The molecule has 5 N–H and O–H groups in total. The minimum atomic E-state index is -1.45. The average Bonchev–Trinajstić information content (AvgIpc) is 3.58. The maximum absolute atomic E-state index is 13.9. The van der Waals surface area contributed by atoms with E-state index in [4.69, 9.17) is 0 Å². The molecule has 0 aliphatic carbocycles. The molecule has 0 spiro atoms. The molecular weight excluding hydrogens is 670 g/mol. The van der Waals surface area contributed by atoms with Crippen LogP contribution in [-0.2, 0) is 46.0 Å². The molecule has 6 amide bonds. The number of carboxylic acid groups (broad SMARTS) is 1. The van der Waals surface area contributed by atoms with E-state index in [-0.39, 0.29) is 31.1 Å². The summed E-state index contributed by atoms with van der Waals surface area (Å²) in [5.74, 6) is -4.68. The standard InChI is InChI=1S/C37H51N7O8/c1-22(32(49)40-25(20-29(47)48)33(50)39-17-19-44-27(45)14-15-28(44)46)16-18-42(8)35(52)31(36(2,3)4)41-34(51)30(38-7)37(5,6)24-21-43(9)26-13-11-10-12-23(24)26/h10-16,21,25,30-31,38H,17-20H2,1-9H3,(H,39,50)(H,40,49)(H,41,51)(H,47,48)/b22-16+/t25-,30+,31?/m0/s1. The highest BCUT2D eigenvalue weighted by atomic mass is 16.4. The van der Waals surface area contributed by atoms with Crippen LogP contribution in [0.3, 0.4) is 0 Å². The van der Waals surface area contributed by atoms with Crippen LogP contribution in [0.2, 0.25) is 0 Å². The average molecular weight is 722 g/mol. The van der Waals surface area contributed by atoms with Gasteiger partial charge in [0, 0.05) is 74.0 Å².